The van der Waals surface area contributed by atoms with Crippen LogP contribution in [0.3, 0.4) is 0 Å². The molecule has 0 aromatic carbocycles. The molecule has 0 atom stereocenters. The van der Waals surface area contributed by atoms with E-state index in [0.29, 0.717) is 23.7 Å². The van der Waals surface area contributed by atoms with Crippen LogP contribution in [0.15, 0.2) is 9.59 Å². The Balaban J connectivity index is 2.86. The van der Waals surface area contributed by atoms with Crippen molar-refractivity contribution in [2.45, 2.75) is 19.9 Å². The maximum Gasteiger partial charge on any atom is 0.332 e. The summed E-state index contributed by atoms with van der Waals surface area (Å²) in [5.74, 6) is 0.450. The number of aromatic nitrogens is 4. The number of aryl methyl sites for hydroxylation is 1. The first-order chi connectivity index (χ1) is 9.40. The van der Waals surface area contributed by atoms with E-state index < -0.39 is 0 Å². The topological polar surface area (TPSA) is 94.1 Å². The Bertz CT molecular complexity index is 753. The molecule has 0 aliphatic rings. The van der Waals surface area contributed by atoms with Crippen molar-refractivity contribution < 1.29 is 5.11 Å². The molecular formula is C12H19N5O3. The van der Waals surface area contributed by atoms with Gasteiger partial charge in [-0.2, -0.15) is 4.98 Å². The summed E-state index contributed by atoms with van der Waals surface area (Å²) in [5, 5.41) is 11.8. The molecule has 0 unspecified atom stereocenters. The summed E-state index contributed by atoms with van der Waals surface area (Å²) in [4.78, 5) is 28.8. The van der Waals surface area contributed by atoms with Gasteiger partial charge < -0.3 is 15.0 Å². The molecule has 0 bridgehead atoms. The van der Waals surface area contributed by atoms with Gasteiger partial charge in [-0.15, -0.1) is 0 Å². The lowest BCUT2D eigenvalue weighted by molar-refractivity contribution is 0.310. The van der Waals surface area contributed by atoms with E-state index in [-0.39, 0.29) is 23.9 Å². The molecule has 0 saturated carbocycles. The van der Waals surface area contributed by atoms with Crippen LogP contribution < -0.4 is 16.6 Å². The molecule has 0 saturated heterocycles. The zero-order valence-corrected chi connectivity index (χ0v) is 12.0. The minimum atomic E-state index is -0.385. The number of hydrogen-bond donors (Lipinski definition) is 2. The van der Waals surface area contributed by atoms with Gasteiger partial charge in [0.05, 0.1) is 6.61 Å². The Hall–Kier alpha value is -2.09. The normalized spacial score (nSPS) is 11.5. The molecule has 2 heterocycles. The summed E-state index contributed by atoms with van der Waals surface area (Å²) < 4.78 is 4.17. The lowest BCUT2D eigenvalue weighted by Gasteiger charge is -2.11. The van der Waals surface area contributed by atoms with Crippen molar-refractivity contribution in [1.82, 2.24) is 18.7 Å². The van der Waals surface area contributed by atoms with E-state index in [1.807, 2.05) is 13.8 Å². The molecule has 20 heavy (non-hydrogen) atoms. The maximum atomic E-state index is 12.2. The van der Waals surface area contributed by atoms with Gasteiger partial charge in [-0.1, -0.05) is 0 Å². The van der Waals surface area contributed by atoms with E-state index in [1.165, 1.54) is 11.6 Å². The van der Waals surface area contributed by atoms with Crippen LogP contribution in [0.25, 0.3) is 11.2 Å². The number of aliphatic hydroxyl groups excluding tert-OH is 1. The third-order valence-corrected chi connectivity index (χ3v) is 3.22. The highest BCUT2D eigenvalue weighted by atomic mass is 16.3. The van der Waals surface area contributed by atoms with E-state index in [4.69, 9.17) is 5.11 Å². The van der Waals surface area contributed by atoms with Crippen molar-refractivity contribution in [2.75, 3.05) is 18.5 Å². The largest absolute Gasteiger partial charge is 0.395 e. The second-order valence-electron chi connectivity index (χ2n) is 4.93. The zero-order chi connectivity index (χ0) is 15.0. The average Bonchev–Trinajstić information content (AvgIpc) is 2.70. The zero-order valence-electron chi connectivity index (χ0n) is 12.0. The van der Waals surface area contributed by atoms with Crippen LogP contribution in [0.2, 0.25) is 0 Å². The highest BCUT2D eigenvalue weighted by Gasteiger charge is 2.19. The second kappa shape index (κ2) is 5.12. The van der Waals surface area contributed by atoms with Crippen molar-refractivity contribution >= 4 is 17.1 Å². The molecule has 0 fully saturated rings. The molecule has 0 radical (unpaired) electrons. The highest BCUT2D eigenvalue weighted by Crippen LogP contribution is 2.16. The summed E-state index contributed by atoms with van der Waals surface area (Å²) in [6.07, 6.45) is 0. The Kier molecular flexibility index (Phi) is 3.67. The Morgan fingerprint density at radius 2 is 1.90 bits per heavy atom. The minimum absolute atomic E-state index is 0.0435. The van der Waals surface area contributed by atoms with Crippen LogP contribution in [0, 0.1) is 0 Å². The molecule has 2 rings (SSSR count). The van der Waals surface area contributed by atoms with Crippen molar-refractivity contribution in [3.63, 3.8) is 0 Å². The summed E-state index contributed by atoms with van der Waals surface area (Å²) >= 11 is 0. The van der Waals surface area contributed by atoms with Crippen molar-refractivity contribution in [1.29, 1.82) is 0 Å². The molecule has 0 spiro atoms. The number of nitrogens with zero attached hydrogens (tertiary/aromatic N) is 4. The molecule has 8 nitrogen and oxygen atoms in total. The van der Waals surface area contributed by atoms with Gasteiger partial charge in [0.2, 0.25) is 5.95 Å². The van der Waals surface area contributed by atoms with Crippen LogP contribution in [0.1, 0.15) is 19.9 Å². The van der Waals surface area contributed by atoms with Crippen LogP contribution in [0.4, 0.5) is 5.95 Å². The van der Waals surface area contributed by atoms with Crippen LogP contribution >= 0.6 is 0 Å². The molecule has 110 valence electrons. The SMILES string of the molecule is CC(C)n1c(=O)n(C)c(=O)c2c1nc(NCCO)n2C. The second-order valence-corrected chi connectivity index (χ2v) is 4.93. The monoisotopic (exact) mass is 281 g/mol. The number of hydrogen-bond acceptors (Lipinski definition) is 5. The summed E-state index contributed by atoms with van der Waals surface area (Å²) in [5.41, 5.74) is -0.0458. The summed E-state index contributed by atoms with van der Waals surface area (Å²) in [6.45, 7) is 4.00. The molecule has 2 aromatic rings. The fraction of sp³-hybridized carbons (Fsp3) is 0.583. The Morgan fingerprint density at radius 1 is 1.25 bits per heavy atom. The number of imidazole rings is 1. The van der Waals surface area contributed by atoms with Gasteiger partial charge in [0.1, 0.15) is 0 Å². The van der Waals surface area contributed by atoms with Gasteiger partial charge in [-0.3, -0.25) is 13.9 Å². The quantitative estimate of drug-likeness (QED) is 0.782. The van der Waals surface area contributed by atoms with Crippen molar-refractivity contribution in [3.05, 3.63) is 20.8 Å². The first kappa shape index (κ1) is 14.3. The maximum absolute atomic E-state index is 12.2. The van der Waals surface area contributed by atoms with Gasteiger partial charge in [0.15, 0.2) is 11.2 Å². The van der Waals surface area contributed by atoms with Crippen LogP contribution in [0.5, 0.6) is 0 Å². The molecule has 0 aliphatic heterocycles. The average molecular weight is 281 g/mol. The number of fused-ring (bicyclic) bond motifs is 1. The Morgan fingerprint density at radius 3 is 2.45 bits per heavy atom. The number of aliphatic hydroxyl groups is 1. The number of nitrogens with one attached hydrogen (secondary N) is 1. The molecule has 0 aliphatic carbocycles. The fourth-order valence-corrected chi connectivity index (χ4v) is 2.18. The van der Waals surface area contributed by atoms with Crippen molar-refractivity contribution in [2.24, 2.45) is 14.1 Å². The lowest BCUT2D eigenvalue weighted by Crippen LogP contribution is -2.39. The fourth-order valence-electron chi connectivity index (χ4n) is 2.18. The predicted octanol–water partition coefficient (Wildman–Crippen LogP) is -0.581. The smallest absolute Gasteiger partial charge is 0.332 e. The number of rotatable bonds is 4. The Labute approximate surface area is 115 Å². The van der Waals surface area contributed by atoms with Gasteiger partial charge in [-0.05, 0) is 13.8 Å². The number of anilines is 1. The van der Waals surface area contributed by atoms with E-state index in [9.17, 15) is 9.59 Å². The molecule has 2 N–H and O–H groups in total. The summed E-state index contributed by atoms with van der Waals surface area (Å²) in [6, 6.07) is -0.114. The molecular weight excluding hydrogens is 262 g/mol. The van der Waals surface area contributed by atoms with E-state index in [2.05, 4.69) is 10.3 Å². The molecule has 0 amide bonds. The lowest BCUT2D eigenvalue weighted by atomic mass is 10.3. The van der Waals surface area contributed by atoms with Gasteiger partial charge >= 0.3 is 5.69 Å². The first-order valence-corrected chi connectivity index (χ1v) is 6.42. The third-order valence-electron chi connectivity index (χ3n) is 3.22. The highest BCUT2D eigenvalue weighted by molar-refractivity contribution is 5.74. The van der Waals surface area contributed by atoms with Gasteiger partial charge in [-0.25, -0.2) is 4.79 Å². The first-order valence-electron chi connectivity index (χ1n) is 6.42. The van der Waals surface area contributed by atoms with Gasteiger partial charge in [0.25, 0.3) is 5.56 Å². The standard InChI is InChI=1S/C12H19N5O3/c1-7(2)17-9-8(10(19)16(4)12(17)20)15(3)11(14-9)13-5-6-18/h7,18H,5-6H2,1-4H3,(H,13,14). The van der Waals surface area contributed by atoms with Gasteiger partial charge in [0, 0.05) is 26.7 Å². The minimum Gasteiger partial charge on any atom is -0.395 e. The molecule has 8 heteroatoms. The predicted molar refractivity (Wildman–Crippen MR) is 76.2 cm³/mol. The molecule has 2 aromatic heterocycles. The van der Waals surface area contributed by atoms with Crippen LogP contribution in [-0.4, -0.2) is 36.9 Å². The van der Waals surface area contributed by atoms with E-state index >= 15 is 0 Å². The summed E-state index contributed by atoms with van der Waals surface area (Å²) in [7, 11) is 3.16. The van der Waals surface area contributed by atoms with Crippen molar-refractivity contribution in [3.8, 4) is 0 Å². The van der Waals surface area contributed by atoms with E-state index in [1.54, 1.807) is 11.6 Å². The van der Waals surface area contributed by atoms with Crippen LogP contribution in [-0.2, 0) is 14.1 Å². The van der Waals surface area contributed by atoms with E-state index in [0.717, 1.165) is 4.57 Å². The third kappa shape index (κ3) is 2.01.